The molecule has 2 heteroatoms. The maximum atomic E-state index is 5.81. The Bertz CT molecular complexity index is 286. The van der Waals surface area contributed by atoms with Gasteiger partial charge in [-0.3, -0.25) is 0 Å². The summed E-state index contributed by atoms with van der Waals surface area (Å²) in [5, 5.41) is 0. The molecule has 0 saturated carbocycles. The van der Waals surface area contributed by atoms with Crippen LogP contribution in [-0.4, -0.2) is 19.3 Å². The van der Waals surface area contributed by atoms with Crippen molar-refractivity contribution in [3.63, 3.8) is 0 Å². The van der Waals surface area contributed by atoms with Crippen LogP contribution in [0.4, 0.5) is 0 Å². The lowest BCUT2D eigenvalue weighted by atomic mass is 10.1. The van der Waals surface area contributed by atoms with Crippen LogP contribution in [0.3, 0.4) is 0 Å². The minimum Gasteiger partial charge on any atom is -0.488 e. The first kappa shape index (κ1) is 10.5. The van der Waals surface area contributed by atoms with Gasteiger partial charge in [0.05, 0.1) is 6.61 Å². The van der Waals surface area contributed by atoms with Crippen LogP contribution in [-0.2, 0) is 11.2 Å². The fourth-order valence-corrected chi connectivity index (χ4v) is 1.73. The molecule has 1 heterocycles. The van der Waals surface area contributed by atoms with Crippen LogP contribution in [0, 0.1) is 6.92 Å². The molecule has 15 heavy (non-hydrogen) atoms. The average molecular weight is 205 g/mol. The van der Waals surface area contributed by atoms with Crippen molar-refractivity contribution in [1.29, 1.82) is 0 Å². The zero-order valence-electron chi connectivity index (χ0n) is 8.95. The van der Waals surface area contributed by atoms with Crippen molar-refractivity contribution in [3.8, 4) is 5.75 Å². The number of ether oxygens (including phenoxy) is 2. The van der Waals surface area contributed by atoms with Gasteiger partial charge in [-0.25, -0.2) is 0 Å². The highest BCUT2D eigenvalue weighted by atomic mass is 16.5. The van der Waals surface area contributed by atoms with Gasteiger partial charge in [0, 0.05) is 6.61 Å². The zero-order valence-corrected chi connectivity index (χ0v) is 8.95. The van der Waals surface area contributed by atoms with E-state index < -0.39 is 0 Å². The second kappa shape index (κ2) is 5.17. The molecular formula is C13H17O2. The third-order valence-electron chi connectivity index (χ3n) is 2.63. The van der Waals surface area contributed by atoms with Crippen LogP contribution in [0.2, 0.25) is 0 Å². The minimum absolute atomic E-state index is 0.226. The number of benzene rings is 1. The van der Waals surface area contributed by atoms with Crippen molar-refractivity contribution >= 4 is 0 Å². The predicted molar refractivity (Wildman–Crippen MR) is 60.0 cm³/mol. The first-order chi connectivity index (χ1) is 7.38. The molecule has 0 amide bonds. The normalized spacial score (nSPS) is 21.3. The number of hydrogen-bond donors (Lipinski definition) is 0. The standard InChI is InChI=1S/C13H17O2/c1-2-11-5-7-12(8-6-11)15-13-4-3-9-14-10-13/h5-8,13H,1-4,9-10H2. The molecule has 0 bridgehead atoms. The Labute approximate surface area is 91.2 Å². The highest BCUT2D eigenvalue weighted by molar-refractivity contribution is 5.27. The van der Waals surface area contributed by atoms with Crippen molar-refractivity contribution in [2.45, 2.75) is 25.4 Å². The maximum absolute atomic E-state index is 5.81. The third-order valence-corrected chi connectivity index (χ3v) is 2.63. The van der Waals surface area contributed by atoms with E-state index in [0.717, 1.165) is 38.2 Å². The Morgan fingerprint density at radius 1 is 1.33 bits per heavy atom. The lowest BCUT2D eigenvalue weighted by molar-refractivity contribution is 0.00742. The second-order valence-electron chi connectivity index (χ2n) is 3.85. The first-order valence-corrected chi connectivity index (χ1v) is 5.51. The van der Waals surface area contributed by atoms with Crippen LogP contribution >= 0.6 is 0 Å². The second-order valence-corrected chi connectivity index (χ2v) is 3.85. The molecule has 1 aromatic rings. The Balaban J connectivity index is 1.91. The smallest absolute Gasteiger partial charge is 0.122 e. The van der Waals surface area contributed by atoms with Crippen molar-refractivity contribution in [1.82, 2.24) is 0 Å². The summed E-state index contributed by atoms with van der Waals surface area (Å²) in [6.45, 7) is 5.44. The Morgan fingerprint density at radius 2 is 2.13 bits per heavy atom. The molecule has 1 aliphatic rings. The summed E-state index contributed by atoms with van der Waals surface area (Å²) in [5.74, 6) is 0.933. The van der Waals surface area contributed by atoms with Gasteiger partial charge in [-0.15, -0.1) is 0 Å². The van der Waals surface area contributed by atoms with Crippen LogP contribution in [0.25, 0.3) is 0 Å². The van der Waals surface area contributed by atoms with E-state index in [1.807, 2.05) is 12.1 Å². The van der Waals surface area contributed by atoms with Crippen LogP contribution in [0.5, 0.6) is 5.75 Å². The van der Waals surface area contributed by atoms with E-state index >= 15 is 0 Å². The Morgan fingerprint density at radius 3 is 2.73 bits per heavy atom. The van der Waals surface area contributed by atoms with Crippen molar-refractivity contribution in [2.24, 2.45) is 0 Å². The topological polar surface area (TPSA) is 18.5 Å². The highest BCUT2D eigenvalue weighted by Gasteiger charge is 2.14. The van der Waals surface area contributed by atoms with E-state index in [2.05, 4.69) is 19.1 Å². The van der Waals surface area contributed by atoms with E-state index in [0.29, 0.717) is 0 Å². The van der Waals surface area contributed by atoms with Gasteiger partial charge in [-0.05, 0) is 43.9 Å². The summed E-state index contributed by atoms with van der Waals surface area (Å²) in [5.41, 5.74) is 1.24. The SMILES string of the molecule is [CH2]Cc1ccc(OC2CCCOC2)cc1. The first-order valence-electron chi connectivity index (χ1n) is 5.51. The average Bonchev–Trinajstić information content (AvgIpc) is 2.31. The summed E-state index contributed by atoms with van der Waals surface area (Å²) in [6, 6.07) is 8.14. The molecule has 1 saturated heterocycles. The number of rotatable bonds is 3. The van der Waals surface area contributed by atoms with Crippen LogP contribution < -0.4 is 4.74 Å². The monoisotopic (exact) mass is 205 g/mol. The number of hydrogen-bond acceptors (Lipinski definition) is 2. The summed E-state index contributed by atoms with van der Waals surface area (Å²) in [6.07, 6.45) is 3.25. The van der Waals surface area contributed by atoms with E-state index in [-0.39, 0.29) is 6.10 Å². The van der Waals surface area contributed by atoms with E-state index in [1.54, 1.807) is 0 Å². The Kier molecular flexibility index (Phi) is 3.62. The largest absolute Gasteiger partial charge is 0.488 e. The molecule has 81 valence electrons. The molecule has 0 N–H and O–H groups in total. The summed E-state index contributed by atoms with van der Waals surface area (Å²) in [4.78, 5) is 0. The summed E-state index contributed by atoms with van der Waals surface area (Å²) in [7, 11) is 0. The molecule has 2 nitrogen and oxygen atoms in total. The molecule has 1 radical (unpaired) electrons. The van der Waals surface area contributed by atoms with Gasteiger partial charge in [0.15, 0.2) is 0 Å². The molecule has 1 atom stereocenters. The molecule has 1 unspecified atom stereocenters. The molecular weight excluding hydrogens is 188 g/mol. The van der Waals surface area contributed by atoms with Gasteiger partial charge in [0.1, 0.15) is 11.9 Å². The Hall–Kier alpha value is -1.02. The molecule has 1 fully saturated rings. The molecule has 1 aliphatic heterocycles. The van der Waals surface area contributed by atoms with E-state index in [1.165, 1.54) is 5.56 Å². The van der Waals surface area contributed by atoms with Crippen LogP contribution in [0.15, 0.2) is 24.3 Å². The summed E-state index contributed by atoms with van der Waals surface area (Å²) >= 11 is 0. The van der Waals surface area contributed by atoms with Gasteiger partial charge in [-0.1, -0.05) is 12.1 Å². The summed E-state index contributed by atoms with van der Waals surface area (Å²) < 4.78 is 11.2. The lowest BCUT2D eigenvalue weighted by Gasteiger charge is -2.23. The fraction of sp³-hybridized carbons (Fsp3) is 0.462. The lowest BCUT2D eigenvalue weighted by Crippen LogP contribution is -2.27. The zero-order chi connectivity index (χ0) is 10.5. The predicted octanol–water partition coefficient (Wildman–Crippen LogP) is 2.62. The molecule has 0 aliphatic carbocycles. The fourth-order valence-electron chi connectivity index (χ4n) is 1.73. The van der Waals surface area contributed by atoms with Crippen molar-refractivity contribution in [2.75, 3.05) is 13.2 Å². The maximum Gasteiger partial charge on any atom is 0.122 e. The van der Waals surface area contributed by atoms with Crippen LogP contribution in [0.1, 0.15) is 18.4 Å². The van der Waals surface area contributed by atoms with Gasteiger partial charge in [0.25, 0.3) is 0 Å². The minimum atomic E-state index is 0.226. The van der Waals surface area contributed by atoms with Gasteiger partial charge >= 0.3 is 0 Å². The van der Waals surface area contributed by atoms with Gasteiger partial charge in [0.2, 0.25) is 0 Å². The molecule has 0 spiro atoms. The third kappa shape index (κ3) is 2.96. The van der Waals surface area contributed by atoms with E-state index in [9.17, 15) is 0 Å². The molecule has 0 aromatic heterocycles. The van der Waals surface area contributed by atoms with Crippen molar-refractivity contribution in [3.05, 3.63) is 36.8 Å². The highest BCUT2D eigenvalue weighted by Crippen LogP contribution is 2.17. The van der Waals surface area contributed by atoms with Gasteiger partial charge in [-0.2, -0.15) is 0 Å². The molecule has 1 aromatic carbocycles. The molecule has 2 rings (SSSR count). The van der Waals surface area contributed by atoms with Gasteiger partial charge < -0.3 is 9.47 Å². The van der Waals surface area contributed by atoms with Crippen molar-refractivity contribution < 1.29 is 9.47 Å². The van der Waals surface area contributed by atoms with E-state index in [4.69, 9.17) is 9.47 Å². The quantitative estimate of drug-likeness (QED) is 0.755.